The molecule has 0 aromatic carbocycles. The quantitative estimate of drug-likeness (QED) is 0.578. The molecule has 1 aromatic heterocycles. The molecular weight excluding hydrogens is 150 g/mol. The van der Waals surface area contributed by atoms with E-state index in [1.165, 1.54) is 0 Å². The molecule has 0 bridgehead atoms. The van der Waals surface area contributed by atoms with Crippen LogP contribution in [0.4, 0.5) is 0 Å². The molecule has 3 nitrogen and oxygen atoms in total. The number of rotatable bonds is 1. The lowest BCUT2D eigenvalue weighted by Crippen LogP contribution is -1.94. The summed E-state index contributed by atoms with van der Waals surface area (Å²) in [5.74, 6) is 8.07. The lowest BCUT2D eigenvalue weighted by molar-refractivity contribution is 0.715. The highest BCUT2D eigenvalue weighted by Gasteiger charge is 1.91. The van der Waals surface area contributed by atoms with Crippen LogP contribution in [0.15, 0.2) is 12.4 Å². The van der Waals surface area contributed by atoms with Crippen LogP contribution in [0, 0.1) is 24.2 Å². The van der Waals surface area contributed by atoms with Crippen molar-refractivity contribution in [1.29, 1.82) is 0 Å². The van der Waals surface area contributed by atoms with E-state index in [4.69, 9.17) is 12.2 Å². The number of nitrogens with zero attached hydrogens (tertiary/aromatic N) is 2. The SMILES string of the molecule is C#CCn1cc(C#CCN)cn1. The van der Waals surface area contributed by atoms with Gasteiger partial charge in [-0.25, -0.2) is 0 Å². The molecule has 0 fully saturated rings. The van der Waals surface area contributed by atoms with Gasteiger partial charge in [0.15, 0.2) is 0 Å². The van der Waals surface area contributed by atoms with E-state index >= 15 is 0 Å². The summed E-state index contributed by atoms with van der Waals surface area (Å²) in [6.07, 6.45) is 8.56. The lowest BCUT2D eigenvalue weighted by Gasteiger charge is -1.88. The molecule has 0 aliphatic rings. The zero-order chi connectivity index (χ0) is 8.81. The third kappa shape index (κ3) is 2.16. The predicted octanol–water partition coefficient (Wildman–Crippen LogP) is -0.174. The second-order valence-corrected chi connectivity index (χ2v) is 2.14. The average Bonchev–Trinajstić information content (AvgIpc) is 2.50. The monoisotopic (exact) mass is 159 g/mol. The third-order valence-electron chi connectivity index (χ3n) is 1.22. The minimum atomic E-state index is 0.361. The topological polar surface area (TPSA) is 43.8 Å². The summed E-state index contributed by atoms with van der Waals surface area (Å²) in [6, 6.07) is 0. The minimum absolute atomic E-state index is 0.361. The Hall–Kier alpha value is -1.71. The first-order valence-corrected chi connectivity index (χ1v) is 3.51. The summed E-state index contributed by atoms with van der Waals surface area (Å²) in [7, 11) is 0. The number of hydrogen-bond donors (Lipinski definition) is 1. The Labute approximate surface area is 71.6 Å². The Morgan fingerprint density at radius 3 is 3.17 bits per heavy atom. The molecule has 1 heterocycles. The van der Waals surface area contributed by atoms with Gasteiger partial charge in [0.05, 0.1) is 18.3 Å². The van der Waals surface area contributed by atoms with Gasteiger partial charge in [-0.15, -0.1) is 6.42 Å². The van der Waals surface area contributed by atoms with Crippen LogP contribution in [-0.2, 0) is 6.54 Å². The fourth-order valence-electron chi connectivity index (χ4n) is 0.761. The van der Waals surface area contributed by atoms with Gasteiger partial charge in [-0.2, -0.15) is 5.10 Å². The maximum Gasteiger partial charge on any atom is 0.101 e. The van der Waals surface area contributed by atoms with Gasteiger partial charge in [-0.1, -0.05) is 17.8 Å². The van der Waals surface area contributed by atoms with Crippen molar-refractivity contribution >= 4 is 0 Å². The van der Waals surface area contributed by atoms with Gasteiger partial charge in [0.2, 0.25) is 0 Å². The van der Waals surface area contributed by atoms with Crippen molar-refractivity contribution < 1.29 is 0 Å². The maximum absolute atomic E-state index is 5.21. The molecule has 0 saturated carbocycles. The molecule has 0 spiro atoms. The van der Waals surface area contributed by atoms with Crippen LogP contribution < -0.4 is 5.73 Å². The highest BCUT2D eigenvalue weighted by molar-refractivity contribution is 5.29. The molecule has 0 saturated heterocycles. The average molecular weight is 159 g/mol. The van der Waals surface area contributed by atoms with Crippen LogP contribution in [0.1, 0.15) is 5.56 Å². The second-order valence-electron chi connectivity index (χ2n) is 2.14. The normalized spacial score (nSPS) is 8.33. The minimum Gasteiger partial charge on any atom is -0.320 e. The van der Waals surface area contributed by atoms with Crippen LogP contribution in [0.25, 0.3) is 0 Å². The van der Waals surface area contributed by atoms with Gasteiger partial charge in [0.25, 0.3) is 0 Å². The van der Waals surface area contributed by atoms with Crippen molar-refractivity contribution in [1.82, 2.24) is 9.78 Å². The molecule has 12 heavy (non-hydrogen) atoms. The summed E-state index contributed by atoms with van der Waals surface area (Å²) < 4.78 is 1.65. The van der Waals surface area contributed by atoms with E-state index in [2.05, 4.69) is 22.9 Å². The number of aromatic nitrogens is 2. The first-order chi connectivity index (χ1) is 5.86. The molecule has 2 N–H and O–H groups in total. The van der Waals surface area contributed by atoms with Gasteiger partial charge in [0.1, 0.15) is 6.54 Å². The van der Waals surface area contributed by atoms with E-state index in [-0.39, 0.29) is 0 Å². The lowest BCUT2D eigenvalue weighted by atomic mass is 10.4. The number of nitrogens with two attached hydrogens (primary N) is 1. The van der Waals surface area contributed by atoms with Crippen molar-refractivity contribution in [3.05, 3.63) is 18.0 Å². The van der Waals surface area contributed by atoms with Gasteiger partial charge in [-0.3, -0.25) is 4.68 Å². The predicted molar refractivity (Wildman–Crippen MR) is 47.0 cm³/mol. The fourth-order valence-corrected chi connectivity index (χ4v) is 0.761. The second kappa shape index (κ2) is 4.23. The Kier molecular flexibility index (Phi) is 2.95. The van der Waals surface area contributed by atoms with Crippen LogP contribution in [0.5, 0.6) is 0 Å². The highest BCUT2D eigenvalue weighted by atomic mass is 15.3. The van der Waals surface area contributed by atoms with Crippen LogP contribution in [-0.4, -0.2) is 16.3 Å². The van der Waals surface area contributed by atoms with E-state index in [0.717, 1.165) is 5.56 Å². The third-order valence-corrected chi connectivity index (χ3v) is 1.22. The van der Waals surface area contributed by atoms with Crippen molar-refractivity contribution in [2.75, 3.05) is 6.54 Å². The Bertz CT molecular complexity index is 346. The number of terminal acetylenes is 1. The summed E-state index contributed by atoms with van der Waals surface area (Å²) in [5, 5.41) is 3.99. The zero-order valence-corrected chi connectivity index (χ0v) is 6.62. The molecule has 0 radical (unpaired) electrons. The van der Waals surface area contributed by atoms with Crippen molar-refractivity contribution in [3.8, 4) is 24.2 Å². The standard InChI is InChI=1S/C9H9N3/c1-2-6-12-8-9(7-11-12)4-3-5-10/h1,7-8H,5-6,10H2. The molecule has 60 valence electrons. The first-order valence-electron chi connectivity index (χ1n) is 3.51. The van der Waals surface area contributed by atoms with Crippen LogP contribution in [0.3, 0.4) is 0 Å². The zero-order valence-electron chi connectivity index (χ0n) is 6.62. The summed E-state index contributed by atoms with van der Waals surface area (Å²) >= 11 is 0. The molecule has 1 rings (SSSR count). The van der Waals surface area contributed by atoms with E-state index in [1.54, 1.807) is 17.1 Å². The molecule has 0 atom stereocenters. The molecule has 0 amide bonds. The van der Waals surface area contributed by atoms with Gasteiger partial charge < -0.3 is 5.73 Å². The molecule has 3 heteroatoms. The Morgan fingerprint density at radius 2 is 2.50 bits per heavy atom. The summed E-state index contributed by atoms with van der Waals surface area (Å²) in [6.45, 7) is 0.838. The number of hydrogen-bond acceptors (Lipinski definition) is 2. The molecule has 1 aromatic rings. The largest absolute Gasteiger partial charge is 0.320 e. The summed E-state index contributed by atoms with van der Waals surface area (Å²) in [5.41, 5.74) is 6.05. The Balaban J connectivity index is 2.72. The van der Waals surface area contributed by atoms with E-state index in [1.807, 2.05) is 0 Å². The Morgan fingerprint density at radius 1 is 1.67 bits per heavy atom. The van der Waals surface area contributed by atoms with Gasteiger partial charge >= 0.3 is 0 Å². The summed E-state index contributed by atoms with van der Waals surface area (Å²) in [4.78, 5) is 0. The first kappa shape index (κ1) is 8.39. The highest BCUT2D eigenvalue weighted by Crippen LogP contribution is 1.93. The van der Waals surface area contributed by atoms with E-state index in [9.17, 15) is 0 Å². The van der Waals surface area contributed by atoms with Crippen molar-refractivity contribution in [3.63, 3.8) is 0 Å². The van der Waals surface area contributed by atoms with Gasteiger partial charge in [-0.05, 0) is 0 Å². The molecule has 0 aliphatic carbocycles. The van der Waals surface area contributed by atoms with Crippen LogP contribution in [0.2, 0.25) is 0 Å². The van der Waals surface area contributed by atoms with Gasteiger partial charge in [0, 0.05) is 6.20 Å². The van der Waals surface area contributed by atoms with Crippen molar-refractivity contribution in [2.24, 2.45) is 5.73 Å². The molecular formula is C9H9N3. The maximum atomic E-state index is 5.21. The fraction of sp³-hybridized carbons (Fsp3) is 0.222. The molecule has 0 unspecified atom stereocenters. The van der Waals surface area contributed by atoms with E-state index < -0.39 is 0 Å². The smallest absolute Gasteiger partial charge is 0.101 e. The molecule has 0 aliphatic heterocycles. The van der Waals surface area contributed by atoms with E-state index in [0.29, 0.717) is 13.1 Å². The van der Waals surface area contributed by atoms with Crippen LogP contribution >= 0.6 is 0 Å². The van der Waals surface area contributed by atoms with Crippen molar-refractivity contribution in [2.45, 2.75) is 6.54 Å².